The molecule has 0 unspecified atom stereocenters. The summed E-state index contributed by atoms with van der Waals surface area (Å²) in [4.78, 5) is 28.0. The Labute approximate surface area is 232 Å². The van der Waals surface area contributed by atoms with Gasteiger partial charge in [-0.3, -0.25) is 20.2 Å². The Morgan fingerprint density at radius 3 is 2.02 bits per heavy atom. The zero-order valence-electron chi connectivity index (χ0n) is 22.0. The number of aliphatic hydroxyl groups excluding tert-OH is 7. The van der Waals surface area contributed by atoms with Gasteiger partial charge in [-0.25, -0.2) is 4.89 Å². The molecular formula is C22H37N3O16. The lowest BCUT2D eigenvalue weighted by Crippen LogP contribution is -2.69. The van der Waals surface area contributed by atoms with Gasteiger partial charge in [0.2, 0.25) is 11.8 Å². The molecule has 4 fully saturated rings. The minimum absolute atomic E-state index is 0.498. The molecule has 4 saturated heterocycles. The molecule has 0 aromatic rings. The van der Waals surface area contributed by atoms with Crippen LogP contribution in [-0.4, -0.2) is 164 Å². The van der Waals surface area contributed by atoms with Gasteiger partial charge >= 0.3 is 0 Å². The largest absolute Gasteiger partial charge is 0.394 e. The number of amides is 2. The molecule has 4 heterocycles. The van der Waals surface area contributed by atoms with Crippen LogP contribution in [0.15, 0.2) is 0 Å². The molecule has 4 aliphatic rings. The summed E-state index contributed by atoms with van der Waals surface area (Å²) < 4.78 is 28.4. The second kappa shape index (κ2) is 12.9. The van der Waals surface area contributed by atoms with E-state index >= 15 is 0 Å². The quantitative estimate of drug-likeness (QED) is 0.0631. The highest BCUT2D eigenvalue weighted by atomic mass is 17.1. The van der Waals surface area contributed by atoms with Crippen molar-refractivity contribution in [3.05, 3.63) is 0 Å². The van der Waals surface area contributed by atoms with Crippen LogP contribution >= 0.6 is 0 Å². The topological polar surface area (TPSA) is 297 Å². The van der Waals surface area contributed by atoms with Crippen molar-refractivity contribution < 1.29 is 79.2 Å². The van der Waals surface area contributed by atoms with Crippen LogP contribution in [0, 0.1) is 0 Å². The molecule has 2 amide bonds. The Bertz CT molecular complexity index is 931. The van der Waals surface area contributed by atoms with Crippen LogP contribution in [0.4, 0.5) is 0 Å². The summed E-state index contributed by atoms with van der Waals surface area (Å²) in [6.45, 7) is 0.288. The molecule has 0 spiro atoms. The van der Waals surface area contributed by atoms with Gasteiger partial charge in [0, 0.05) is 13.8 Å². The van der Waals surface area contributed by atoms with Crippen molar-refractivity contribution >= 4 is 11.8 Å². The van der Waals surface area contributed by atoms with Gasteiger partial charge in [0.05, 0.1) is 13.2 Å². The normalized spacial score (nSPS) is 47.8. The number of carbonyl (C=O) groups is 2. The third-order valence-electron chi connectivity index (χ3n) is 7.43. The summed E-state index contributed by atoms with van der Waals surface area (Å²) in [6.07, 6.45) is -19.6. The average molecular weight is 600 g/mol. The van der Waals surface area contributed by atoms with E-state index < -0.39 is 123 Å². The van der Waals surface area contributed by atoms with Crippen molar-refractivity contribution in [3.8, 4) is 0 Å². The summed E-state index contributed by atoms with van der Waals surface area (Å²) in [7, 11) is 0. The van der Waals surface area contributed by atoms with E-state index in [2.05, 4.69) is 20.8 Å². The molecule has 0 aliphatic carbocycles. The maximum absolute atomic E-state index is 12.1. The number of aliphatic hydroxyl groups is 7. The van der Waals surface area contributed by atoms with Crippen LogP contribution in [0.2, 0.25) is 0 Å². The standard InChI is InChI=1S/C22H37N3O16/c1-6(28)23-11-13(31)16(40-20-15(33)14(32)12(30)8(3-26)37-20)9(4-27)38-19(11)41-17-10(5-36-35)39-21-22(25-21,18(17)34)24-7(2)29/h8-21,25-27,30-35H,3-5H2,1-2H3,(H,23,28)(H,24,29)/t8-,9-,10-,11-,12-,13-,14+,15+,16-,17-,18+,19+,20+,21+,22+/m1/s1. The average Bonchev–Trinajstić information content (AvgIpc) is 3.62. The zero-order chi connectivity index (χ0) is 30.2. The number of carbonyl (C=O) groups excluding carboxylic acids is 2. The molecule has 4 aliphatic heterocycles. The fourth-order valence-electron chi connectivity index (χ4n) is 5.34. The van der Waals surface area contributed by atoms with Crippen LogP contribution in [0.1, 0.15) is 13.8 Å². The van der Waals surface area contributed by atoms with E-state index in [4.69, 9.17) is 28.9 Å². The van der Waals surface area contributed by atoms with Gasteiger partial charge in [0.15, 0.2) is 18.2 Å². The lowest BCUT2D eigenvalue weighted by molar-refractivity contribution is -0.359. The Morgan fingerprint density at radius 1 is 0.805 bits per heavy atom. The van der Waals surface area contributed by atoms with Crippen molar-refractivity contribution in [2.24, 2.45) is 0 Å². The first-order valence-electron chi connectivity index (χ1n) is 12.9. The van der Waals surface area contributed by atoms with Crippen molar-refractivity contribution in [3.63, 3.8) is 0 Å². The van der Waals surface area contributed by atoms with Crippen LogP contribution in [0.5, 0.6) is 0 Å². The third-order valence-corrected chi connectivity index (χ3v) is 7.43. The van der Waals surface area contributed by atoms with Gasteiger partial charge < -0.3 is 70.1 Å². The van der Waals surface area contributed by atoms with E-state index in [0.717, 1.165) is 6.92 Å². The van der Waals surface area contributed by atoms with Crippen LogP contribution in [-0.2, 0) is 38.2 Å². The second-order valence-corrected chi connectivity index (χ2v) is 10.3. The molecular weight excluding hydrogens is 562 g/mol. The highest BCUT2D eigenvalue weighted by Gasteiger charge is 2.69. The first kappa shape index (κ1) is 32.3. The molecule has 15 atom stereocenters. The summed E-state index contributed by atoms with van der Waals surface area (Å²) >= 11 is 0. The lowest BCUT2D eigenvalue weighted by Gasteiger charge is -2.48. The monoisotopic (exact) mass is 599 g/mol. The first-order chi connectivity index (χ1) is 19.4. The van der Waals surface area contributed by atoms with Gasteiger partial charge in [0.1, 0.15) is 79.9 Å². The summed E-state index contributed by atoms with van der Waals surface area (Å²) in [5, 5.41) is 89.2. The number of rotatable bonds is 10. The molecule has 0 bridgehead atoms. The van der Waals surface area contributed by atoms with E-state index in [1.807, 2.05) is 0 Å². The third kappa shape index (κ3) is 6.34. The Balaban J connectivity index is 1.56. The maximum atomic E-state index is 12.1. The summed E-state index contributed by atoms with van der Waals surface area (Å²) in [5.74, 6) is -1.16. The number of nitrogens with one attached hydrogen (secondary N) is 3. The highest BCUT2D eigenvalue weighted by molar-refractivity contribution is 5.74. The smallest absolute Gasteiger partial charge is 0.218 e. The van der Waals surface area contributed by atoms with E-state index in [9.17, 15) is 45.3 Å². The van der Waals surface area contributed by atoms with Crippen LogP contribution < -0.4 is 16.0 Å². The molecule has 19 nitrogen and oxygen atoms in total. The van der Waals surface area contributed by atoms with E-state index in [1.54, 1.807) is 0 Å². The van der Waals surface area contributed by atoms with Crippen molar-refractivity contribution in [1.29, 1.82) is 0 Å². The Kier molecular flexibility index (Phi) is 10.2. The predicted octanol–water partition coefficient (Wildman–Crippen LogP) is -6.85. The molecule has 0 aromatic carbocycles. The van der Waals surface area contributed by atoms with E-state index in [0.29, 0.717) is 0 Å². The molecule has 236 valence electrons. The van der Waals surface area contributed by atoms with Gasteiger partial charge in [-0.15, -0.1) is 0 Å². The van der Waals surface area contributed by atoms with Crippen molar-refractivity contribution in [2.45, 2.75) is 105 Å². The minimum atomic E-state index is -1.84. The van der Waals surface area contributed by atoms with Gasteiger partial charge in [-0.1, -0.05) is 0 Å². The zero-order valence-corrected chi connectivity index (χ0v) is 22.0. The van der Waals surface area contributed by atoms with Gasteiger partial charge in [-0.05, 0) is 0 Å². The number of hydrogen-bond donors (Lipinski definition) is 11. The lowest BCUT2D eigenvalue weighted by atomic mass is 9.94. The minimum Gasteiger partial charge on any atom is -0.394 e. The predicted molar refractivity (Wildman–Crippen MR) is 126 cm³/mol. The Hall–Kier alpha value is -1.66. The first-order valence-corrected chi connectivity index (χ1v) is 12.9. The fourth-order valence-corrected chi connectivity index (χ4v) is 5.34. The van der Waals surface area contributed by atoms with Crippen molar-refractivity contribution in [2.75, 3.05) is 19.8 Å². The second-order valence-electron chi connectivity index (χ2n) is 10.3. The van der Waals surface area contributed by atoms with Gasteiger partial charge in [-0.2, -0.15) is 0 Å². The molecule has 0 aromatic heterocycles. The fraction of sp³-hybridized carbons (Fsp3) is 0.909. The summed E-state index contributed by atoms with van der Waals surface area (Å²) in [5.41, 5.74) is -1.45. The van der Waals surface area contributed by atoms with Gasteiger partial charge in [0.25, 0.3) is 0 Å². The summed E-state index contributed by atoms with van der Waals surface area (Å²) in [6, 6.07) is -1.45. The van der Waals surface area contributed by atoms with Crippen molar-refractivity contribution in [1.82, 2.24) is 16.0 Å². The molecule has 4 rings (SSSR count). The SMILES string of the molecule is CC(=O)N[C@H]1[C@H](O[C@@H]2[C@@H](COO)O[C@@H]3N[C@@]3(NC(C)=O)[C@H]2O)O[C@H](CO)[C@@H](O[C@@H]2O[C@H](CO)[C@@H](O)[C@H](O)[C@@H]2O)[C@@H]1O. The molecule has 0 saturated carbocycles. The number of hydrogen-bond acceptors (Lipinski definition) is 17. The molecule has 41 heavy (non-hydrogen) atoms. The van der Waals surface area contributed by atoms with Crippen LogP contribution in [0.3, 0.4) is 0 Å². The molecule has 0 radical (unpaired) electrons. The molecule has 19 heteroatoms. The number of fused-ring (bicyclic) bond motifs is 1. The highest BCUT2D eigenvalue weighted by Crippen LogP contribution is 2.40. The molecule has 11 N–H and O–H groups in total. The maximum Gasteiger partial charge on any atom is 0.218 e. The van der Waals surface area contributed by atoms with E-state index in [-0.39, 0.29) is 0 Å². The van der Waals surface area contributed by atoms with Crippen LogP contribution in [0.25, 0.3) is 0 Å². The number of ether oxygens (including phenoxy) is 5. The van der Waals surface area contributed by atoms with E-state index in [1.165, 1.54) is 6.92 Å². The Morgan fingerprint density at radius 2 is 1.44 bits per heavy atom.